The van der Waals surface area contributed by atoms with Crippen molar-refractivity contribution in [1.82, 2.24) is 24.5 Å². The summed E-state index contributed by atoms with van der Waals surface area (Å²) in [4.78, 5) is 13.9. The minimum absolute atomic E-state index is 0.0247. The molecule has 0 bridgehead atoms. The van der Waals surface area contributed by atoms with Crippen LogP contribution in [0.3, 0.4) is 0 Å². The lowest BCUT2D eigenvalue weighted by atomic mass is 10.3. The Morgan fingerprint density at radius 2 is 2.10 bits per heavy atom. The molecule has 114 valence electrons. The summed E-state index contributed by atoms with van der Waals surface area (Å²) in [7, 11) is 1.75. The highest BCUT2D eigenvalue weighted by Gasteiger charge is 2.15. The number of amides is 1. The van der Waals surface area contributed by atoms with Crippen molar-refractivity contribution in [2.24, 2.45) is 0 Å². The van der Waals surface area contributed by atoms with Gasteiger partial charge in [-0.05, 0) is 26.8 Å². The van der Waals surface area contributed by atoms with E-state index in [1.807, 2.05) is 26.8 Å². The number of aromatic nitrogens is 4. The third kappa shape index (κ3) is 3.64. The van der Waals surface area contributed by atoms with Gasteiger partial charge >= 0.3 is 0 Å². The molecular formula is C14H20ClN5O. The molecule has 0 unspecified atom stereocenters. The molecule has 0 aromatic carbocycles. The maximum Gasteiger partial charge on any atom is 0.244 e. The molecule has 2 aromatic rings. The minimum Gasteiger partial charge on any atom is -0.338 e. The summed E-state index contributed by atoms with van der Waals surface area (Å²) in [5, 5.41) is 9.23. The van der Waals surface area contributed by atoms with Crippen LogP contribution in [0, 0.1) is 13.8 Å². The highest BCUT2D eigenvalue weighted by Crippen LogP contribution is 2.15. The molecule has 1 amide bonds. The van der Waals surface area contributed by atoms with E-state index in [4.69, 9.17) is 11.6 Å². The fourth-order valence-corrected chi connectivity index (χ4v) is 2.31. The van der Waals surface area contributed by atoms with E-state index in [0.29, 0.717) is 17.3 Å². The van der Waals surface area contributed by atoms with E-state index in [-0.39, 0.29) is 12.5 Å². The van der Waals surface area contributed by atoms with Crippen molar-refractivity contribution in [3.05, 3.63) is 34.4 Å². The molecule has 0 N–H and O–H groups in total. The van der Waals surface area contributed by atoms with Crippen LogP contribution in [0.2, 0.25) is 5.02 Å². The Morgan fingerprint density at radius 3 is 2.62 bits per heavy atom. The van der Waals surface area contributed by atoms with Crippen molar-refractivity contribution in [1.29, 1.82) is 0 Å². The number of rotatable bonds is 5. The van der Waals surface area contributed by atoms with Gasteiger partial charge in [0.25, 0.3) is 0 Å². The Labute approximate surface area is 129 Å². The summed E-state index contributed by atoms with van der Waals surface area (Å²) in [6, 6.07) is 1.95. The van der Waals surface area contributed by atoms with Crippen LogP contribution >= 0.6 is 11.6 Å². The van der Waals surface area contributed by atoms with Crippen molar-refractivity contribution >= 4 is 17.5 Å². The van der Waals surface area contributed by atoms with Gasteiger partial charge in [-0.1, -0.05) is 11.6 Å². The summed E-state index contributed by atoms with van der Waals surface area (Å²) in [5.41, 5.74) is 2.60. The van der Waals surface area contributed by atoms with E-state index in [0.717, 1.165) is 17.9 Å². The highest BCUT2D eigenvalue weighted by molar-refractivity contribution is 6.31. The van der Waals surface area contributed by atoms with Crippen LogP contribution in [0.1, 0.15) is 24.0 Å². The van der Waals surface area contributed by atoms with E-state index >= 15 is 0 Å². The normalized spacial score (nSPS) is 10.9. The standard InChI is InChI=1S/C14H20ClN5O/c1-5-19-7-12(15)13(17-19)8-18(4)14(21)9-20-11(3)6-10(2)16-20/h6-7H,5,8-9H2,1-4H3. The molecule has 0 fully saturated rings. The predicted molar refractivity (Wildman–Crippen MR) is 81.1 cm³/mol. The van der Waals surface area contributed by atoms with Crippen LogP contribution in [0.4, 0.5) is 0 Å². The Hall–Kier alpha value is -1.82. The molecule has 0 saturated carbocycles. The van der Waals surface area contributed by atoms with E-state index in [2.05, 4.69) is 10.2 Å². The number of likely N-dealkylation sites (N-methyl/N-ethyl adjacent to an activating group) is 1. The molecule has 2 heterocycles. The van der Waals surface area contributed by atoms with Gasteiger partial charge in [0, 0.05) is 25.5 Å². The fraction of sp³-hybridized carbons (Fsp3) is 0.500. The largest absolute Gasteiger partial charge is 0.338 e. The molecule has 2 rings (SSSR count). The zero-order valence-corrected chi connectivity index (χ0v) is 13.6. The maximum absolute atomic E-state index is 12.3. The van der Waals surface area contributed by atoms with Gasteiger partial charge in [-0.3, -0.25) is 14.2 Å². The van der Waals surface area contributed by atoms with Crippen LogP contribution in [0.25, 0.3) is 0 Å². The molecule has 6 nitrogen and oxygen atoms in total. The van der Waals surface area contributed by atoms with Crippen LogP contribution in [0.5, 0.6) is 0 Å². The molecule has 0 radical (unpaired) electrons. The van der Waals surface area contributed by atoms with Crippen molar-refractivity contribution in [3.8, 4) is 0 Å². The number of nitrogens with zero attached hydrogens (tertiary/aromatic N) is 5. The number of hydrogen-bond donors (Lipinski definition) is 0. The zero-order chi connectivity index (χ0) is 15.6. The quantitative estimate of drug-likeness (QED) is 0.849. The van der Waals surface area contributed by atoms with Gasteiger partial charge in [-0.25, -0.2) is 0 Å². The minimum atomic E-state index is -0.0247. The number of carbonyl (C=O) groups is 1. The first-order valence-electron chi connectivity index (χ1n) is 6.87. The molecule has 7 heteroatoms. The summed E-state index contributed by atoms with van der Waals surface area (Å²) < 4.78 is 3.47. The van der Waals surface area contributed by atoms with Crippen LogP contribution in [-0.2, 0) is 24.4 Å². The molecule has 0 aliphatic rings. The van der Waals surface area contributed by atoms with Crippen molar-refractivity contribution in [2.45, 2.75) is 40.4 Å². The second-order valence-electron chi connectivity index (χ2n) is 5.11. The van der Waals surface area contributed by atoms with Gasteiger partial charge in [0.1, 0.15) is 12.2 Å². The highest BCUT2D eigenvalue weighted by atomic mass is 35.5. The third-order valence-electron chi connectivity index (χ3n) is 3.31. The third-order valence-corrected chi connectivity index (χ3v) is 3.63. The van der Waals surface area contributed by atoms with Gasteiger partial charge in [-0.2, -0.15) is 10.2 Å². The second-order valence-corrected chi connectivity index (χ2v) is 5.52. The SMILES string of the molecule is CCn1cc(Cl)c(CN(C)C(=O)Cn2nc(C)cc2C)n1. The molecule has 0 spiro atoms. The first-order chi connectivity index (χ1) is 9.90. The van der Waals surface area contributed by atoms with Crippen molar-refractivity contribution in [3.63, 3.8) is 0 Å². The fourth-order valence-electron chi connectivity index (χ4n) is 2.10. The average molecular weight is 310 g/mol. The molecule has 0 aliphatic carbocycles. The van der Waals surface area contributed by atoms with E-state index < -0.39 is 0 Å². The summed E-state index contributed by atoms with van der Waals surface area (Å²) in [5.74, 6) is -0.0247. The first kappa shape index (κ1) is 15.6. The zero-order valence-electron chi connectivity index (χ0n) is 12.8. The molecule has 2 aromatic heterocycles. The van der Waals surface area contributed by atoms with E-state index in [1.54, 1.807) is 27.5 Å². The summed E-state index contributed by atoms with van der Waals surface area (Å²) in [6.45, 7) is 7.21. The van der Waals surface area contributed by atoms with Gasteiger partial charge < -0.3 is 4.90 Å². The Morgan fingerprint density at radius 1 is 1.38 bits per heavy atom. The van der Waals surface area contributed by atoms with Crippen LogP contribution in [0.15, 0.2) is 12.3 Å². The molecule has 21 heavy (non-hydrogen) atoms. The summed E-state index contributed by atoms with van der Waals surface area (Å²) >= 11 is 6.12. The number of halogens is 1. The number of aryl methyl sites for hydroxylation is 3. The first-order valence-corrected chi connectivity index (χ1v) is 7.25. The predicted octanol–water partition coefficient (Wildman–Crippen LogP) is 2.03. The lowest BCUT2D eigenvalue weighted by Gasteiger charge is -2.16. The van der Waals surface area contributed by atoms with Gasteiger partial charge in [0.15, 0.2) is 0 Å². The molecule has 0 atom stereocenters. The topological polar surface area (TPSA) is 56.0 Å². The smallest absolute Gasteiger partial charge is 0.244 e. The molecule has 0 aliphatic heterocycles. The Balaban J connectivity index is 2.02. The second kappa shape index (κ2) is 6.30. The lowest BCUT2D eigenvalue weighted by molar-refractivity contribution is -0.131. The van der Waals surface area contributed by atoms with Crippen molar-refractivity contribution < 1.29 is 4.79 Å². The monoisotopic (exact) mass is 309 g/mol. The average Bonchev–Trinajstić information content (AvgIpc) is 2.92. The summed E-state index contributed by atoms with van der Waals surface area (Å²) in [6.07, 6.45) is 1.77. The van der Waals surface area contributed by atoms with E-state index in [1.165, 1.54) is 0 Å². The maximum atomic E-state index is 12.3. The van der Waals surface area contributed by atoms with E-state index in [9.17, 15) is 4.79 Å². The lowest BCUT2D eigenvalue weighted by Crippen LogP contribution is -2.30. The van der Waals surface area contributed by atoms with Gasteiger partial charge in [0.05, 0.1) is 17.3 Å². The van der Waals surface area contributed by atoms with Crippen LogP contribution < -0.4 is 0 Å². The molecule has 0 saturated heterocycles. The van der Waals surface area contributed by atoms with Crippen LogP contribution in [-0.4, -0.2) is 37.4 Å². The number of hydrogen-bond acceptors (Lipinski definition) is 3. The Bertz CT molecular complexity index is 646. The Kier molecular flexibility index (Phi) is 4.67. The molecular weight excluding hydrogens is 290 g/mol. The number of carbonyl (C=O) groups excluding carboxylic acids is 1. The van der Waals surface area contributed by atoms with Gasteiger partial charge in [-0.15, -0.1) is 0 Å². The van der Waals surface area contributed by atoms with Crippen molar-refractivity contribution in [2.75, 3.05) is 7.05 Å². The van der Waals surface area contributed by atoms with Gasteiger partial charge in [0.2, 0.25) is 5.91 Å².